The highest BCUT2D eigenvalue weighted by Crippen LogP contribution is 2.27. The van der Waals surface area contributed by atoms with Crippen LogP contribution in [-0.4, -0.2) is 45.8 Å². The minimum atomic E-state index is 0.0883. The fraction of sp³-hybridized carbons (Fsp3) is 0.714. The molecule has 1 aromatic heterocycles. The summed E-state index contributed by atoms with van der Waals surface area (Å²) in [7, 11) is 0. The van der Waals surface area contributed by atoms with Crippen molar-refractivity contribution in [2.24, 2.45) is 11.8 Å². The third-order valence-corrected chi connectivity index (χ3v) is 4.46. The zero-order chi connectivity index (χ0) is 13.2. The zero-order valence-corrected chi connectivity index (χ0v) is 11.1. The van der Waals surface area contributed by atoms with E-state index in [-0.39, 0.29) is 24.3 Å². The van der Waals surface area contributed by atoms with Crippen LogP contribution in [0.4, 0.5) is 0 Å². The van der Waals surface area contributed by atoms with Gasteiger partial charge in [0.15, 0.2) is 0 Å². The van der Waals surface area contributed by atoms with Gasteiger partial charge in [-0.2, -0.15) is 5.10 Å². The van der Waals surface area contributed by atoms with Crippen molar-refractivity contribution in [2.45, 2.75) is 32.1 Å². The summed E-state index contributed by atoms with van der Waals surface area (Å²) in [5.74, 6) is 0.618. The van der Waals surface area contributed by atoms with Crippen LogP contribution in [-0.2, 0) is 17.6 Å². The molecule has 2 atom stereocenters. The number of carbonyl (C=O) groups is 1. The third-order valence-electron chi connectivity index (χ3n) is 4.46. The number of carbonyl (C=O) groups excluding carboxylic acids is 1. The van der Waals surface area contributed by atoms with Crippen molar-refractivity contribution in [3.8, 4) is 0 Å². The van der Waals surface area contributed by atoms with Crippen molar-refractivity contribution < 1.29 is 9.90 Å². The number of fused-ring (bicyclic) bond motifs is 1. The van der Waals surface area contributed by atoms with Crippen molar-refractivity contribution in [1.29, 1.82) is 0 Å². The monoisotopic (exact) mass is 263 g/mol. The number of aryl methyl sites for hydroxylation is 1. The van der Waals surface area contributed by atoms with E-state index in [1.165, 1.54) is 5.56 Å². The van der Waals surface area contributed by atoms with Gasteiger partial charge in [-0.25, -0.2) is 0 Å². The molecule has 5 nitrogen and oxygen atoms in total. The molecule has 0 spiro atoms. The number of rotatable bonds is 2. The number of nitrogens with zero attached hydrogens (tertiary/aromatic N) is 2. The average Bonchev–Trinajstić information content (AvgIpc) is 2.94. The Hall–Kier alpha value is -1.36. The van der Waals surface area contributed by atoms with Crippen LogP contribution < -0.4 is 0 Å². The quantitative estimate of drug-likeness (QED) is 0.827. The van der Waals surface area contributed by atoms with Gasteiger partial charge in [-0.3, -0.25) is 9.89 Å². The Morgan fingerprint density at radius 1 is 1.53 bits per heavy atom. The van der Waals surface area contributed by atoms with Crippen LogP contribution in [0.2, 0.25) is 0 Å². The normalized spacial score (nSPS) is 27.1. The molecule has 1 fully saturated rings. The van der Waals surface area contributed by atoms with E-state index in [1.54, 1.807) is 0 Å². The number of hydrogen-bond acceptors (Lipinski definition) is 3. The molecule has 5 heteroatoms. The van der Waals surface area contributed by atoms with E-state index < -0.39 is 0 Å². The number of aliphatic hydroxyl groups is 1. The molecular weight excluding hydrogens is 242 g/mol. The highest BCUT2D eigenvalue weighted by Gasteiger charge is 2.31. The number of piperidine rings is 1. The topological polar surface area (TPSA) is 69.2 Å². The van der Waals surface area contributed by atoms with Crippen LogP contribution >= 0.6 is 0 Å². The Balaban J connectivity index is 1.65. The molecule has 1 aromatic rings. The molecule has 2 heterocycles. The van der Waals surface area contributed by atoms with E-state index >= 15 is 0 Å². The van der Waals surface area contributed by atoms with Crippen molar-refractivity contribution in [3.05, 3.63) is 17.5 Å². The summed E-state index contributed by atoms with van der Waals surface area (Å²) in [6.07, 6.45) is 6.58. The number of nitrogens with one attached hydrogen (secondary N) is 1. The lowest BCUT2D eigenvalue weighted by Gasteiger charge is -2.35. The Morgan fingerprint density at radius 3 is 3.26 bits per heavy atom. The van der Waals surface area contributed by atoms with E-state index in [4.69, 9.17) is 0 Å². The SMILES string of the molecule is O=C(C1CCc2cn[nH]c2C1)N1CCCC(CO)C1. The second-order valence-electron chi connectivity index (χ2n) is 5.79. The molecule has 0 bridgehead atoms. The van der Waals surface area contributed by atoms with E-state index in [2.05, 4.69) is 10.2 Å². The van der Waals surface area contributed by atoms with Crippen LogP contribution in [0, 0.1) is 11.8 Å². The van der Waals surface area contributed by atoms with E-state index in [1.807, 2.05) is 11.1 Å². The molecule has 0 aromatic carbocycles. The highest BCUT2D eigenvalue weighted by atomic mass is 16.3. The Labute approximate surface area is 113 Å². The number of aromatic amines is 1. The third kappa shape index (κ3) is 2.52. The van der Waals surface area contributed by atoms with E-state index in [9.17, 15) is 9.90 Å². The maximum Gasteiger partial charge on any atom is 0.226 e. The second kappa shape index (κ2) is 5.33. The van der Waals surface area contributed by atoms with Gasteiger partial charge in [0, 0.05) is 37.7 Å². The molecule has 104 valence electrons. The summed E-state index contributed by atoms with van der Waals surface area (Å²) in [6.45, 7) is 1.77. The molecule has 0 saturated carbocycles. The van der Waals surface area contributed by atoms with Crippen molar-refractivity contribution in [3.63, 3.8) is 0 Å². The average molecular weight is 263 g/mol. The van der Waals surface area contributed by atoms with Crippen LogP contribution in [0.25, 0.3) is 0 Å². The lowest BCUT2D eigenvalue weighted by atomic mass is 9.86. The van der Waals surface area contributed by atoms with Crippen LogP contribution in [0.5, 0.6) is 0 Å². The molecule has 1 aliphatic carbocycles. The number of hydrogen-bond donors (Lipinski definition) is 2. The summed E-state index contributed by atoms with van der Waals surface area (Å²) in [5.41, 5.74) is 2.39. The van der Waals surface area contributed by atoms with Crippen LogP contribution in [0.3, 0.4) is 0 Å². The summed E-state index contributed by atoms with van der Waals surface area (Å²) in [5, 5.41) is 16.3. The first kappa shape index (κ1) is 12.7. The molecule has 0 radical (unpaired) electrons. The van der Waals surface area contributed by atoms with Gasteiger partial charge < -0.3 is 10.0 Å². The number of aromatic nitrogens is 2. The fourth-order valence-electron chi connectivity index (χ4n) is 3.29. The molecule has 3 rings (SSSR count). The highest BCUT2D eigenvalue weighted by molar-refractivity contribution is 5.79. The number of H-pyrrole nitrogens is 1. The van der Waals surface area contributed by atoms with Crippen molar-refractivity contribution in [2.75, 3.05) is 19.7 Å². The summed E-state index contributed by atoms with van der Waals surface area (Å²) < 4.78 is 0. The molecule has 19 heavy (non-hydrogen) atoms. The van der Waals surface area contributed by atoms with Gasteiger partial charge >= 0.3 is 0 Å². The van der Waals surface area contributed by atoms with Gasteiger partial charge in [-0.15, -0.1) is 0 Å². The first-order valence-electron chi connectivity index (χ1n) is 7.18. The van der Waals surface area contributed by atoms with Crippen molar-refractivity contribution in [1.82, 2.24) is 15.1 Å². The maximum absolute atomic E-state index is 12.6. The first-order valence-corrected chi connectivity index (χ1v) is 7.18. The standard InChI is InChI=1S/C14H21N3O2/c18-9-10-2-1-5-17(8-10)14(19)11-3-4-12-7-15-16-13(12)6-11/h7,10-11,18H,1-6,8-9H2,(H,15,16). The molecule has 2 N–H and O–H groups in total. The van der Waals surface area contributed by atoms with Crippen LogP contribution in [0.15, 0.2) is 6.20 Å². The Morgan fingerprint density at radius 2 is 2.42 bits per heavy atom. The summed E-state index contributed by atoms with van der Waals surface area (Å²) in [4.78, 5) is 14.5. The minimum absolute atomic E-state index is 0.0883. The summed E-state index contributed by atoms with van der Waals surface area (Å²) >= 11 is 0. The van der Waals surface area contributed by atoms with Gasteiger partial charge in [0.25, 0.3) is 0 Å². The van der Waals surface area contributed by atoms with E-state index in [0.29, 0.717) is 0 Å². The fourth-order valence-corrected chi connectivity index (χ4v) is 3.29. The largest absolute Gasteiger partial charge is 0.396 e. The Bertz CT molecular complexity index is 457. The molecule has 1 amide bonds. The lowest BCUT2D eigenvalue weighted by molar-refractivity contribution is -0.138. The van der Waals surface area contributed by atoms with Crippen molar-refractivity contribution >= 4 is 5.91 Å². The van der Waals surface area contributed by atoms with Gasteiger partial charge in [0.2, 0.25) is 5.91 Å². The molecule has 2 aliphatic rings. The van der Waals surface area contributed by atoms with Crippen LogP contribution in [0.1, 0.15) is 30.5 Å². The first-order chi connectivity index (χ1) is 9.28. The van der Waals surface area contributed by atoms with E-state index in [0.717, 1.165) is 50.9 Å². The van der Waals surface area contributed by atoms with Gasteiger partial charge in [-0.1, -0.05) is 0 Å². The molecular formula is C14H21N3O2. The Kier molecular flexibility index (Phi) is 3.55. The van der Waals surface area contributed by atoms with Gasteiger partial charge in [0.1, 0.15) is 0 Å². The maximum atomic E-state index is 12.6. The smallest absolute Gasteiger partial charge is 0.226 e. The second-order valence-corrected chi connectivity index (χ2v) is 5.79. The number of amides is 1. The zero-order valence-electron chi connectivity index (χ0n) is 11.1. The van der Waals surface area contributed by atoms with Gasteiger partial charge in [0.05, 0.1) is 6.20 Å². The van der Waals surface area contributed by atoms with Gasteiger partial charge in [-0.05, 0) is 37.2 Å². The number of aliphatic hydroxyl groups excluding tert-OH is 1. The molecule has 2 unspecified atom stereocenters. The summed E-state index contributed by atoms with van der Waals surface area (Å²) in [6, 6.07) is 0. The lowest BCUT2D eigenvalue weighted by Crippen LogP contribution is -2.44. The predicted molar refractivity (Wildman–Crippen MR) is 70.5 cm³/mol. The molecule has 1 aliphatic heterocycles. The predicted octanol–water partition coefficient (Wildman–Crippen LogP) is 0.746. The minimum Gasteiger partial charge on any atom is -0.396 e. The number of likely N-dealkylation sites (tertiary alicyclic amines) is 1. The molecule has 1 saturated heterocycles.